The maximum atomic E-state index is 10.0. The molecule has 0 saturated carbocycles. The summed E-state index contributed by atoms with van der Waals surface area (Å²) >= 11 is 0. The number of para-hydroxylation sites is 2. The van der Waals surface area contributed by atoms with Gasteiger partial charge in [0.2, 0.25) is 0 Å². The minimum absolute atomic E-state index is 0.358. The molecule has 1 heterocycles. The van der Waals surface area contributed by atoms with E-state index in [1.165, 1.54) is 22.4 Å². The summed E-state index contributed by atoms with van der Waals surface area (Å²) < 4.78 is 0. The van der Waals surface area contributed by atoms with E-state index < -0.39 is 0 Å². The average Bonchev–Trinajstić information content (AvgIpc) is 2.87. The van der Waals surface area contributed by atoms with E-state index in [0.717, 1.165) is 25.4 Å². The number of rotatable bonds is 2. The molecule has 0 spiro atoms. The Morgan fingerprint density at radius 3 is 2.19 bits per heavy atom. The van der Waals surface area contributed by atoms with Gasteiger partial charge in [0.15, 0.2) is 0 Å². The fraction of sp³-hybridized carbons (Fsp3) is 0.333. The van der Waals surface area contributed by atoms with Gasteiger partial charge in [-0.1, -0.05) is 29.8 Å². The number of nitrogens with zero attached hydrogens (tertiary/aromatic N) is 2. The molecule has 0 aliphatic carbocycles. The van der Waals surface area contributed by atoms with Crippen LogP contribution in [-0.2, 0) is 0 Å². The van der Waals surface area contributed by atoms with Crippen molar-refractivity contribution in [2.24, 2.45) is 0 Å². The molecule has 0 bridgehead atoms. The average molecular weight is 282 g/mol. The molecule has 2 aromatic carbocycles. The fourth-order valence-corrected chi connectivity index (χ4v) is 3.37. The Labute approximate surface area is 126 Å². The highest BCUT2D eigenvalue weighted by Gasteiger charge is 2.24. The van der Waals surface area contributed by atoms with Gasteiger partial charge in [-0.2, -0.15) is 0 Å². The fourth-order valence-electron chi connectivity index (χ4n) is 3.37. The molecular weight excluding hydrogens is 260 g/mol. The Kier molecular flexibility index (Phi) is 3.50. The Morgan fingerprint density at radius 1 is 0.905 bits per heavy atom. The summed E-state index contributed by atoms with van der Waals surface area (Å²) in [6.45, 7) is 9.24. The van der Waals surface area contributed by atoms with Crippen LogP contribution in [0.25, 0.3) is 0 Å². The van der Waals surface area contributed by atoms with Gasteiger partial charge in [-0.3, -0.25) is 0 Å². The molecule has 0 radical (unpaired) electrons. The lowest BCUT2D eigenvalue weighted by Crippen LogP contribution is -2.26. The number of hydrogen-bond donors (Lipinski definition) is 1. The molecule has 3 heteroatoms. The third-order valence-corrected chi connectivity index (χ3v) is 4.16. The number of aromatic hydroxyl groups is 1. The Morgan fingerprint density at radius 2 is 1.52 bits per heavy atom. The van der Waals surface area contributed by atoms with Crippen LogP contribution in [0.2, 0.25) is 0 Å². The molecule has 1 N–H and O–H groups in total. The number of anilines is 2. The second-order valence-corrected chi connectivity index (χ2v) is 5.90. The van der Waals surface area contributed by atoms with Crippen molar-refractivity contribution in [2.45, 2.75) is 20.8 Å². The Balaban J connectivity index is 1.87. The zero-order chi connectivity index (χ0) is 15.0. The van der Waals surface area contributed by atoms with E-state index in [9.17, 15) is 5.11 Å². The maximum absolute atomic E-state index is 10.0. The number of hydrogen-bond acceptors (Lipinski definition) is 3. The summed E-state index contributed by atoms with van der Waals surface area (Å²) in [5.41, 5.74) is 6.21. The third kappa shape index (κ3) is 2.56. The monoisotopic (exact) mass is 282 g/mol. The van der Waals surface area contributed by atoms with Gasteiger partial charge < -0.3 is 14.9 Å². The van der Waals surface area contributed by atoms with Crippen molar-refractivity contribution in [2.75, 3.05) is 29.6 Å². The van der Waals surface area contributed by atoms with Gasteiger partial charge in [0.1, 0.15) is 5.75 Å². The number of phenolic OH excluding ortho intramolecular Hbond substituents is 1. The molecule has 1 aliphatic rings. The van der Waals surface area contributed by atoms with Gasteiger partial charge in [0.25, 0.3) is 0 Å². The van der Waals surface area contributed by atoms with Crippen LogP contribution < -0.4 is 9.80 Å². The molecule has 0 atom stereocenters. The van der Waals surface area contributed by atoms with E-state index in [1.54, 1.807) is 6.07 Å². The van der Waals surface area contributed by atoms with Crippen molar-refractivity contribution < 1.29 is 5.11 Å². The van der Waals surface area contributed by atoms with Crippen LogP contribution >= 0.6 is 0 Å². The predicted molar refractivity (Wildman–Crippen MR) is 88.3 cm³/mol. The van der Waals surface area contributed by atoms with E-state index in [-0.39, 0.29) is 0 Å². The minimum Gasteiger partial charge on any atom is -0.506 e. The second-order valence-electron chi connectivity index (χ2n) is 5.90. The summed E-state index contributed by atoms with van der Waals surface area (Å²) in [7, 11) is 0. The highest BCUT2D eigenvalue weighted by molar-refractivity contribution is 5.65. The van der Waals surface area contributed by atoms with E-state index in [4.69, 9.17) is 0 Å². The third-order valence-electron chi connectivity index (χ3n) is 4.16. The van der Waals surface area contributed by atoms with Gasteiger partial charge in [-0.15, -0.1) is 0 Å². The molecule has 1 saturated heterocycles. The van der Waals surface area contributed by atoms with Crippen LogP contribution in [0.4, 0.5) is 11.4 Å². The molecule has 3 rings (SSSR count). The van der Waals surface area contributed by atoms with Gasteiger partial charge in [-0.25, -0.2) is 0 Å². The summed E-state index contributed by atoms with van der Waals surface area (Å²) in [5.74, 6) is 0.358. The summed E-state index contributed by atoms with van der Waals surface area (Å²) in [6.07, 6.45) is 0. The minimum atomic E-state index is 0.358. The lowest BCUT2D eigenvalue weighted by atomic mass is 10.0. The molecule has 0 unspecified atom stereocenters. The predicted octanol–water partition coefficient (Wildman–Crippen LogP) is 3.60. The first-order chi connectivity index (χ1) is 10.1. The number of benzene rings is 2. The van der Waals surface area contributed by atoms with E-state index in [1.807, 2.05) is 18.2 Å². The quantitative estimate of drug-likeness (QED) is 0.911. The van der Waals surface area contributed by atoms with Gasteiger partial charge in [0, 0.05) is 18.8 Å². The van der Waals surface area contributed by atoms with Gasteiger partial charge in [0.05, 0.1) is 12.4 Å². The van der Waals surface area contributed by atoms with Crippen LogP contribution in [-0.4, -0.2) is 24.9 Å². The number of phenols is 1. The highest BCUT2D eigenvalue weighted by atomic mass is 16.3. The number of aryl methyl sites for hydroxylation is 3. The molecule has 21 heavy (non-hydrogen) atoms. The molecule has 2 aromatic rings. The zero-order valence-corrected chi connectivity index (χ0v) is 12.9. The van der Waals surface area contributed by atoms with Gasteiger partial charge >= 0.3 is 0 Å². The smallest absolute Gasteiger partial charge is 0.138 e. The SMILES string of the molecule is Cc1cc(C)c(N2CCN(c3ccccc3O)C2)c(C)c1. The lowest BCUT2D eigenvalue weighted by Gasteiger charge is -2.25. The largest absolute Gasteiger partial charge is 0.506 e. The molecule has 1 aliphatic heterocycles. The molecule has 1 fully saturated rings. The molecular formula is C18H22N2O. The van der Waals surface area contributed by atoms with E-state index in [0.29, 0.717) is 5.75 Å². The first kappa shape index (κ1) is 13.8. The molecule has 0 aromatic heterocycles. The molecule has 0 amide bonds. The van der Waals surface area contributed by atoms with Crippen molar-refractivity contribution in [3.63, 3.8) is 0 Å². The summed E-state index contributed by atoms with van der Waals surface area (Å²) in [4.78, 5) is 4.63. The standard InChI is InChI=1S/C18H22N2O/c1-13-10-14(2)18(15(3)11-13)20-9-8-19(12-20)16-6-4-5-7-17(16)21/h4-7,10-11,21H,8-9,12H2,1-3H3. The molecule has 3 nitrogen and oxygen atoms in total. The van der Waals surface area contributed by atoms with Crippen LogP contribution in [0.3, 0.4) is 0 Å². The summed E-state index contributed by atoms with van der Waals surface area (Å²) in [6, 6.07) is 12.0. The topological polar surface area (TPSA) is 26.7 Å². The van der Waals surface area contributed by atoms with Crippen molar-refractivity contribution >= 4 is 11.4 Å². The second kappa shape index (κ2) is 5.32. The lowest BCUT2D eigenvalue weighted by molar-refractivity contribution is 0.475. The van der Waals surface area contributed by atoms with Crippen LogP contribution in [0.5, 0.6) is 5.75 Å². The van der Waals surface area contributed by atoms with Crippen LogP contribution in [0.15, 0.2) is 36.4 Å². The van der Waals surface area contributed by atoms with Crippen molar-refractivity contribution in [1.29, 1.82) is 0 Å². The van der Waals surface area contributed by atoms with Crippen LogP contribution in [0, 0.1) is 20.8 Å². The van der Waals surface area contributed by atoms with Crippen LogP contribution in [0.1, 0.15) is 16.7 Å². The van der Waals surface area contributed by atoms with E-state index >= 15 is 0 Å². The highest BCUT2D eigenvalue weighted by Crippen LogP contribution is 2.32. The first-order valence-corrected chi connectivity index (χ1v) is 7.42. The summed E-state index contributed by atoms with van der Waals surface area (Å²) in [5, 5.41) is 10.0. The molecule has 110 valence electrons. The van der Waals surface area contributed by atoms with Gasteiger partial charge in [-0.05, 0) is 44.0 Å². The maximum Gasteiger partial charge on any atom is 0.138 e. The Bertz CT molecular complexity index is 643. The normalized spacial score (nSPS) is 14.8. The first-order valence-electron chi connectivity index (χ1n) is 7.42. The Hall–Kier alpha value is -2.16. The van der Waals surface area contributed by atoms with Crippen molar-refractivity contribution in [3.05, 3.63) is 53.1 Å². The van der Waals surface area contributed by atoms with Crippen molar-refractivity contribution in [1.82, 2.24) is 0 Å². The van der Waals surface area contributed by atoms with Crippen molar-refractivity contribution in [3.8, 4) is 5.75 Å². The zero-order valence-electron chi connectivity index (χ0n) is 12.9. The van der Waals surface area contributed by atoms with E-state index in [2.05, 4.69) is 42.7 Å².